The highest BCUT2D eigenvalue weighted by atomic mass is 16.3. The van der Waals surface area contributed by atoms with Crippen LogP contribution in [0.15, 0.2) is 0 Å². The molecule has 0 radical (unpaired) electrons. The summed E-state index contributed by atoms with van der Waals surface area (Å²) in [5.74, 6) is -0.103. The second kappa shape index (κ2) is 5.90. The minimum Gasteiger partial charge on any atom is -0.393 e. The number of aliphatic hydroxyl groups excluding tert-OH is 4. The predicted molar refractivity (Wildman–Crippen MR) is 97.1 cm³/mol. The van der Waals surface area contributed by atoms with Crippen molar-refractivity contribution in [1.82, 2.24) is 0 Å². The van der Waals surface area contributed by atoms with Crippen LogP contribution in [0.5, 0.6) is 0 Å². The first-order valence-corrected chi connectivity index (χ1v) is 10.5. The largest absolute Gasteiger partial charge is 0.393 e. The molecule has 0 aliphatic heterocycles. The van der Waals surface area contributed by atoms with Gasteiger partial charge in [-0.25, -0.2) is 0 Å². The summed E-state index contributed by atoms with van der Waals surface area (Å²) in [5, 5.41) is 54.8. The molecular formula is C21H36O5. The van der Waals surface area contributed by atoms with Crippen molar-refractivity contribution in [3.8, 4) is 0 Å². The zero-order chi connectivity index (χ0) is 19.1. The summed E-state index contributed by atoms with van der Waals surface area (Å²) in [6.07, 6.45) is 2.51. The summed E-state index contributed by atoms with van der Waals surface area (Å²) in [7, 11) is 0. The molecule has 0 amide bonds. The Bertz CT molecular complexity index is 567. The highest BCUT2D eigenvalue weighted by Gasteiger charge is 2.73. The second-order valence-corrected chi connectivity index (χ2v) is 10.4. The van der Waals surface area contributed by atoms with Gasteiger partial charge in [-0.15, -0.1) is 0 Å². The van der Waals surface area contributed by atoms with Gasteiger partial charge in [-0.2, -0.15) is 0 Å². The van der Waals surface area contributed by atoms with Gasteiger partial charge < -0.3 is 25.5 Å². The molecule has 11 atom stereocenters. The van der Waals surface area contributed by atoms with Crippen molar-refractivity contribution in [2.24, 2.45) is 34.5 Å². The monoisotopic (exact) mass is 368 g/mol. The van der Waals surface area contributed by atoms with Gasteiger partial charge in [-0.05, 0) is 81.0 Å². The van der Waals surface area contributed by atoms with E-state index in [2.05, 4.69) is 6.92 Å². The van der Waals surface area contributed by atoms with E-state index in [1.54, 1.807) is 6.92 Å². The van der Waals surface area contributed by atoms with E-state index in [-0.39, 0.29) is 29.3 Å². The fraction of sp³-hybridized carbons (Fsp3) is 1.00. The Morgan fingerprint density at radius 1 is 0.962 bits per heavy atom. The number of hydrogen-bond acceptors (Lipinski definition) is 5. The van der Waals surface area contributed by atoms with E-state index < -0.39 is 29.3 Å². The average molecular weight is 369 g/mol. The van der Waals surface area contributed by atoms with Crippen molar-refractivity contribution in [3.63, 3.8) is 0 Å². The van der Waals surface area contributed by atoms with Gasteiger partial charge in [0.2, 0.25) is 0 Å². The number of hydrogen-bond donors (Lipinski definition) is 5. The van der Waals surface area contributed by atoms with Crippen molar-refractivity contribution >= 4 is 0 Å². The second-order valence-electron chi connectivity index (χ2n) is 10.4. The van der Waals surface area contributed by atoms with E-state index in [1.807, 2.05) is 6.92 Å². The van der Waals surface area contributed by atoms with Crippen LogP contribution in [0.4, 0.5) is 0 Å². The zero-order valence-corrected chi connectivity index (χ0v) is 16.3. The maximum absolute atomic E-state index is 11.9. The smallest absolute Gasteiger partial charge is 0.0886 e. The summed E-state index contributed by atoms with van der Waals surface area (Å²) >= 11 is 0. The maximum atomic E-state index is 11.9. The quantitative estimate of drug-likeness (QED) is 0.482. The van der Waals surface area contributed by atoms with Crippen LogP contribution in [0, 0.1) is 34.5 Å². The van der Waals surface area contributed by atoms with Crippen LogP contribution in [-0.2, 0) is 0 Å². The topological polar surface area (TPSA) is 101 Å². The SMILES string of the molecule is C[C@H](O)[C@H]1CC[C@]2(O)[C@@H]3CC[C@@H]4C[C@@H](O)CC[C@]4(C)[C@H]3[C@H](O)[C@@H](O)[C@]12C. The van der Waals surface area contributed by atoms with Gasteiger partial charge in [0.1, 0.15) is 0 Å². The Morgan fingerprint density at radius 3 is 2.31 bits per heavy atom. The molecule has 4 fully saturated rings. The van der Waals surface area contributed by atoms with Gasteiger partial charge in [-0.1, -0.05) is 13.8 Å². The van der Waals surface area contributed by atoms with E-state index in [0.717, 1.165) is 32.1 Å². The molecule has 0 saturated heterocycles. The summed E-state index contributed by atoms with van der Waals surface area (Å²) < 4.78 is 0. The molecule has 4 aliphatic rings. The van der Waals surface area contributed by atoms with Gasteiger partial charge in [0, 0.05) is 5.41 Å². The van der Waals surface area contributed by atoms with Crippen LogP contribution in [0.3, 0.4) is 0 Å². The normalized spacial score (nSPS) is 60.7. The molecule has 26 heavy (non-hydrogen) atoms. The molecule has 0 unspecified atom stereocenters. The number of aliphatic hydroxyl groups is 5. The van der Waals surface area contributed by atoms with Gasteiger partial charge in [0.25, 0.3) is 0 Å². The highest BCUT2D eigenvalue weighted by molar-refractivity contribution is 5.22. The lowest BCUT2D eigenvalue weighted by Gasteiger charge is -2.66. The standard InChI is InChI=1S/C21H36O5/c1-11(22)14-7-9-21(26)15-5-4-12-10-13(23)6-8-19(12,2)16(15)17(24)18(25)20(14,21)3/h11-18,22-26H,4-10H2,1-3H3/t11-,12+,13-,14+,15+,16+,17-,18+,19-,20-,21-/m0/s1. The van der Waals surface area contributed by atoms with Gasteiger partial charge in [0.05, 0.1) is 30.0 Å². The van der Waals surface area contributed by atoms with Crippen LogP contribution < -0.4 is 0 Å². The first kappa shape index (κ1) is 19.1. The molecule has 5 N–H and O–H groups in total. The molecule has 4 saturated carbocycles. The molecule has 4 rings (SSSR count). The van der Waals surface area contributed by atoms with E-state index >= 15 is 0 Å². The van der Waals surface area contributed by atoms with E-state index in [9.17, 15) is 25.5 Å². The highest BCUT2D eigenvalue weighted by Crippen LogP contribution is 2.69. The molecule has 5 nitrogen and oxygen atoms in total. The molecule has 0 spiro atoms. The Balaban J connectivity index is 1.77. The van der Waals surface area contributed by atoms with E-state index in [0.29, 0.717) is 18.8 Å². The Hall–Kier alpha value is -0.200. The average Bonchev–Trinajstić information content (AvgIpc) is 2.86. The van der Waals surface area contributed by atoms with Gasteiger partial charge in [-0.3, -0.25) is 0 Å². The lowest BCUT2D eigenvalue weighted by Crippen LogP contribution is -2.72. The number of fused-ring (bicyclic) bond motifs is 5. The third-order valence-electron chi connectivity index (χ3n) is 9.57. The summed E-state index contributed by atoms with van der Waals surface area (Å²) in [5.41, 5.74) is -2.11. The Kier molecular flexibility index (Phi) is 4.34. The molecule has 5 heteroatoms. The van der Waals surface area contributed by atoms with Gasteiger partial charge in [0.15, 0.2) is 0 Å². The molecule has 4 aliphatic carbocycles. The third-order valence-corrected chi connectivity index (χ3v) is 9.57. The number of rotatable bonds is 1. The van der Waals surface area contributed by atoms with Crippen molar-refractivity contribution in [2.75, 3.05) is 0 Å². The Labute approximate surface area is 156 Å². The predicted octanol–water partition coefficient (Wildman–Crippen LogP) is 1.44. The molecule has 0 heterocycles. The lowest BCUT2D eigenvalue weighted by atomic mass is 9.41. The fourth-order valence-electron chi connectivity index (χ4n) is 8.09. The van der Waals surface area contributed by atoms with Crippen molar-refractivity contribution in [2.45, 2.75) is 95.7 Å². The molecule has 0 bridgehead atoms. The molecule has 0 aromatic heterocycles. The minimum atomic E-state index is -1.05. The van der Waals surface area contributed by atoms with E-state index in [1.165, 1.54) is 0 Å². The molecule has 0 aromatic carbocycles. The summed E-state index contributed by atoms with van der Waals surface area (Å²) in [6, 6.07) is 0. The first-order valence-electron chi connectivity index (χ1n) is 10.5. The molecular weight excluding hydrogens is 332 g/mol. The van der Waals surface area contributed by atoms with Crippen molar-refractivity contribution < 1.29 is 25.5 Å². The first-order chi connectivity index (χ1) is 12.1. The van der Waals surface area contributed by atoms with Crippen LogP contribution in [-0.4, -0.2) is 55.5 Å². The summed E-state index contributed by atoms with van der Waals surface area (Å²) in [6.45, 7) is 5.80. The Morgan fingerprint density at radius 2 is 1.65 bits per heavy atom. The van der Waals surface area contributed by atoms with Crippen LogP contribution >= 0.6 is 0 Å². The van der Waals surface area contributed by atoms with Crippen LogP contribution in [0.1, 0.15) is 65.7 Å². The third kappa shape index (κ3) is 2.15. The molecule has 150 valence electrons. The fourth-order valence-corrected chi connectivity index (χ4v) is 8.09. The van der Waals surface area contributed by atoms with Crippen molar-refractivity contribution in [1.29, 1.82) is 0 Å². The maximum Gasteiger partial charge on any atom is 0.0886 e. The van der Waals surface area contributed by atoms with Crippen molar-refractivity contribution in [3.05, 3.63) is 0 Å². The lowest BCUT2D eigenvalue weighted by molar-refractivity contribution is -0.289. The minimum absolute atomic E-state index is 0.0638. The summed E-state index contributed by atoms with van der Waals surface area (Å²) in [4.78, 5) is 0. The van der Waals surface area contributed by atoms with E-state index in [4.69, 9.17) is 0 Å². The van der Waals surface area contributed by atoms with Crippen LogP contribution in [0.25, 0.3) is 0 Å². The van der Waals surface area contributed by atoms with Crippen LogP contribution in [0.2, 0.25) is 0 Å². The zero-order valence-electron chi connectivity index (χ0n) is 16.3. The van der Waals surface area contributed by atoms with Gasteiger partial charge >= 0.3 is 0 Å². The molecule has 0 aromatic rings.